The number of hydrogen-bond acceptors (Lipinski definition) is 3. The molecule has 0 unspecified atom stereocenters. The molecule has 3 heterocycles. The zero-order valence-electron chi connectivity index (χ0n) is 26.4. The lowest BCUT2D eigenvalue weighted by atomic mass is 10.2. The zero-order valence-corrected chi connectivity index (χ0v) is 27.4. The molecule has 10 rings (SSSR count). The van der Waals surface area contributed by atoms with E-state index in [4.69, 9.17) is 14.5 Å². The van der Waals surface area contributed by atoms with E-state index in [9.17, 15) is 0 Å². The van der Waals surface area contributed by atoms with Crippen LogP contribution in [0.4, 0.5) is 0 Å². The molecular formula is C43H29N3O2Si. The van der Waals surface area contributed by atoms with Gasteiger partial charge in [0.1, 0.15) is 0 Å². The lowest BCUT2D eigenvalue weighted by Crippen LogP contribution is -2.74. The summed E-state index contributed by atoms with van der Waals surface area (Å²) in [6.45, 7) is 0. The third-order valence-electron chi connectivity index (χ3n) is 9.74. The molecule has 0 saturated carbocycles. The first kappa shape index (κ1) is 27.7. The minimum atomic E-state index is -2.98. The monoisotopic (exact) mass is 647 g/mol. The minimum Gasteiger partial charge on any atom is -0.450 e. The van der Waals surface area contributed by atoms with Crippen LogP contribution in [-0.4, -0.2) is 22.0 Å². The van der Waals surface area contributed by atoms with Crippen molar-refractivity contribution in [1.29, 1.82) is 0 Å². The number of imidazole rings is 2. The first-order valence-corrected chi connectivity index (χ1v) is 18.5. The van der Waals surface area contributed by atoms with Crippen LogP contribution in [0.1, 0.15) is 0 Å². The Hall–Kier alpha value is -6.37. The van der Waals surface area contributed by atoms with Crippen molar-refractivity contribution in [3.05, 3.63) is 176 Å². The Morgan fingerprint density at radius 3 is 1.69 bits per heavy atom. The third-order valence-corrected chi connectivity index (χ3v) is 14.5. The number of hydrogen-bond donors (Lipinski definition) is 0. The molecule has 0 amide bonds. The van der Waals surface area contributed by atoms with Gasteiger partial charge in [0, 0.05) is 10.9 Å². The molecule has 0 fully saturated rings. The van der Waals surface area contributed by atoms with Gasteiger partial charge in [-0.25, -0.2) is 4.98 Å². The van der Waals surface area contributed by atoms with E-state index in [1.807, 2.05) is 36.4 Å². The molecule has 0 bridgehead atoms. The Kier molecular flexibility index (Phi) is 6.13. The lowest BCUT2D eigenvalue weighted by molar-refractivity contribution is 0.362. The van der Waals surface area contributed by atoms with Crippen LogP contribution >= 0.6 is 0 Å². The molecule has 1 aliphatic rings. The third kappa shape index (κ3) is 4.08. The van der Waals surface area contributed by atoms with Gasteiger partial charge in [-0.05, 0) is 70.2 Å². The quantitative estimate of drug-likeness (QED) is 0.142. The molecule has 0 aliphatic carbocycles. The molecule has 0 radical (unpaired) electrons. The van der Waals surface area contributed by atoms with Crippen LogP contribution in [-0.2, 0) is 0 Å². The van der Waals surface area contributed by atoms with E-state index in [0.29, 0.717) is 0 Å². The van der Waals surface area contributed by atoms with E-state index in [-0.39, 0.29) is 0 Å². The Morgan fingerprint density at radius 2 is 0.980 bits per heavy atom. The number of para-hydroxylation sites is 7. The normalized spacial score (nSPS) is 12.4. The molecule has 0 N–H and O–H groups in total. The van der Waals surface area contributed by atoms with Crippen LogP contribution in [0.5, 0.6) is 23.0 Å². The van der Waals surface area contributed by atoms with Crippen LogP contribution in [0.15, 0.2) is 176 Å². The lowest BCUT2D eigenvalue weighted by Gasteiger charge is -2.36. The summed E-state index contributed by atoms with van der Waals surface area (Å²) >= 11 is 0. The van der Waals surface area contributed by atoms with Gasteiger partial charge < -0.3 is 9.47 Å². The van der Waals surface area contributed by atoms with Crippen LogP contribution in [0.25, 0.3) is 33.5 Å². The van der Waals surface area contributed by atoms with Crippen LogP contribution in [0.2, 0.25) is 0 Å². The molecule has 49 heavy (non-hydrogen) atoms. The highest BCUT2D eigenvalue weighted by Gasteiger charge is 2.45. The van der Waals surface area contributed by atoms with Crippen molar-refractivity contribution in [3.63, 3.8) is 0 Å². The summed E-state index contributed by atoms with van der Waals surface area (Å²) in [5.74, 6) is 3.83. The highest BCUT2D eigenvalue weighted by molar-refractivity contribution is 7.20. The van der Waals surface area contributed by atoms with Crippen LogP contribution in [0.3, 0.4) is 0 Å². The number of aromatic nitrogens is 3. The number of fused-ring (bicyclic) bond motifs is 7. The fourth-order valence-electron chi connectivity index (χ4n) is 7.65. The van der Waals surface area contributed by atoms with Gasteiger partial charge in [0.2, 0.25) is 5.78 Å². The maximum Gasteiger partial charge on any atom is 0.220 e. The Balaban J connectivity index is 1.23. The number of ether oxygens (including phenoxy) is 2. The molecule has 0 saturated heterocycles. The first-order valence-electron chi connectivity index (χ1n) is 16.5. The van der Waals surface area contributed by atoms with Gasteiger partial charge in [-0.15, -0.1) is 0 Å². The molecule has 5 nitrogen and oxygen atoms in total. The summed E-state index contributed by atoms with van der Waals surface area (Å²) in [6, 6.07) is 62.0. The predicted octanol–water partition coefficient (Wildman–Crippen LogP) is 7.71. The number of rotatable bonds is 5. The number of benzene rings is 7. The van der Waals surface area contributed by atoms with E-state index >= 15 is 0 Å². The summed E-state index contributed by atoms with van der Waals surface area (Å²) in [5, 5.41) is 4.90. The van der Waals surface area contributed by atoms with Crippen molar-refractivity contribution in [3.8, 4) is 28.7 Å². The van der Waals surface area contributed by atoms with Gasteiger partial charge in [0.05, 0.1) is 22.1 Å². The molecule has 7 aromatic carbocycles. The van der Waals surface area contributed by atoms with E-state index in [1.54, 1.807) is 0 Å². The van der Waals surface area contributed by atoms with Crippen LogP contribution < -0.4 is 30.2 Å². The van der Waals surface area contributed by atoms with E-state index < -0.39 is 8.07 Å². The number of nitrogens with zero attached hydrogens (tertiary/aromatic N) is 3. The van der Waals surface area contributed by atoms with Crippen molar-refractivity contribution >= 4 is 56.7 Å². The second-order valence-corrected chi connectivity index (χ2v) is 16.1. The van der Waals surface area contributed by atoms with Gasteiger partial charge in [-0.3, -0.25) is 8.97 Å². The Bertz CT molecular complexity index is 2620. The molecule has 2 aromatic heterocycles. The molecule has 9 aromatic rings. The largest absolute Gasteiger partial charge is 0.450 e. The second-order valence-electron chi connectivity index (χ2n) is 12.4. The summed E-state index contributed by atoms with van der Waals surface area (Å²) in [7, 11) is -2.98. The standard InChI is InChI=1S/C43H29N3O2Si/c1-3-14-31(15-4-1)49(32-16-5-2-6-17-32,41-25-13-24-40-42(41)48-39-23-12-11-22-38(39)47-40)33-28-26-30(27-29-33)45-36-20-9-10-21-37(36)46-35-19-8-7-18-34(35)44-43(45)46/h1-29H. The topological polar surface area (TPSA) is 40.7 Å². The van der Waals surface area contributed by atoms with E-state index in [1.165, 1.54) is 15.6 Å². The Morgan fingerprint density at radius 1 is 0.429 bits per heavy atom. The average Bonchev–Trinajstić information content (AvgIpc) is 3.70. The zero-order chi connectivity index (χ0) is 32.4. The summed E-state index contributed by atoms with van der Waals surface area (Å²) < 4.78 is 17.8. The maximum atomic E-state index is 6.78. The molecule has 232 valence electrons. The molecule has 1 aliphatic heterocycles. The van der Waals surface area contributed by atoms with Gasteiger partial charge in [0.25, 0.3) is 0 Å². The summed E-state index contributed by atoms with van der Waals surface area (Å²) in [4.78, 5) is 5.11. The average molecular weight is 648 g/mol. The van der Waals surface area contributed by atoms with E-state index in [2.05, 4.69) is 148 Å². The second kappa shape index (κ2) is 10.8. The molecule has 0 spiro atoms. The fraction of sp³-hybridized carbons (Fsp3) is 0. The maximum absolute atomic E-state index is 6.78. The first-order chi connectivity index (χ1) is 24.3. The van der Waals surface area contributed by atoms with Crippen LogP contribution in [0, 0.1) is 0 Å². The summed E-state index contributed by atoms with van der Waals surface area (Å²) in [6.07, 6.45) is 0. The smallest absolute Gasteiger partial charge is 0.220 e. The molecule has 0 atom stereocenters. The molecular weight excluding hydrogens is 619 g/mol. The van der Waals surface area contributed by atoms with Crippen molar-refractivity contribution in [2.24, 2.45) is 0 Å². The predicted molar refractivity (Wildman–Crippen MR) is 200 cm³/mol. The van der Waals surface area contributed by atoms with Crippen molar-refractivity contribution in [1.82, 2.24) is 14.0 Å². The summed E-state index contributed by atoms with van der Waals surface area (Å²) in [5.41, 5.74) is 5.37. The van der Waals surface area contributed by atoms with Crippen molar-refractivity contribution in [2.75, 3.05) is 0 Å². The Labute approximate surface area is 283 Å². The van der Waals surface area contributed by atoms with Gasteiger partial charge in [-0.1, -0.05) is 121 Å². The fourth-order valence-corrected chi connectivity index (χ4v) is 12.5. The highest BCUT2D eigenvalue weighted by Crippen LogP contribution is 2.44. The van der Waals surface area contributed by atoms with Gasteiger partial charge >= 0.3 is 0 Å². The highest BCUT2D eigenvalue weighted by atomic mass is 28.3. The molecule has 6 heteroatoms. The van der Waals surface area contributed by atoms with Crippen molar-refractivity contribution < 1.29 is 9.47 Å². The van der Waals surface area contributed by atoms with E-state index in [0.717, 1.165) is 61.7 Å². The SMILES string of the molecule is c1ccc([Si](c2ccccc2)(c2ccc(-n3c4ccccc4n4c5ccccc5nc34)cc2)c2cccc3c2Oc2ccccc2O3)cc1. The van der Waals surface area contributed by atoms with Gasteiger partial charge in [0.15, 0.2) is 31.1 Å². The van der Waals surface area contributed by atoms with Gasteiger partial charge in [-0.2, -0.15) is 0 Å². The minimum absolute atomic E-state index is 0.720. The van der Waals surface area contributed by atoms with Crippen molar-refractivity contribution in [2.45, 2.75) is 0 Å².